The lowest BCUT2D eigenvalue weighted by Crippen LogP contribution is -2.45. The monoisotopic (exact) mass is 489 g/mol. The van der Waals surface area contributed by atoms with E-state index in [1.54, 1.807) is 34.9 Å². The van der Waals surface area contributed by atoms with Crippen LogP contribution in [0, 0.1) is 0 Å². The van der Waals surface area contributed by atoms with Crippen molar-refractivity contribution in [3.63, 3.8) is 0 Å². The fraction of sp³-hybridized carbons (Fsp3) is 0.192. The Labute approximate surface area is 204 Å². The minimum absolute atomic E-state index is 0.137. The van der Waals surface area contributed by atoms with Gasteiger partial charge in [-0.2, -0.15) is 4.57 Å². The normalized spacial score (nSPS) is 15.3. The molecule has 0 unspecified atom stereocenters. The maximum Gasteiger partial charge on any atom is 0.377 e. The molecule has 0 amide bonds. The fourth-order valence-corrected chi connectivity index (χ4v) is 5.21. The summed E-state index contributed by atoms with van der Waals surface area (Å²) < 4.78 is 16.2. The van der Waals surface area contributed by atoms with E-state index in [-0.39, 0.29) is 12.1 Å². The average molecular weight is 490 g/mol. The van der Waals surface area contributed by atoms with Crippen LogP contribution >= 0.6 is 11.3 Å². The molecule has 35 heavy (non-hydrogen) atoms. The van der Waals surface area contributed by atoms with Gasteiger partial charge in [0.25, 0.3) is 11.1 Å². The van der Waals surface area contributed by atoms with Crippen LogP contribution in [0.4, 0.5) is 5.69 Å². The van der Waals surface area contributed by atoms with Gasteiger partial charge < -0.3 is 24.0 Å². The number of nitrogens with zero attached hydrogens (tertiary/aromatic N) is 3. The number of hydrogen-bond acceptors (Lipinski definition) is 7. The van der Waals surface area contributed by atoms with Crippen LogP contribution in [0.2, 0.25) is 0 Å². The minimum Gasteiger partial charge on any atom is -0.544 e. The Bertz CT molecular complexity index is 1640. The molecule has 0 saturated heterocycles. The summed E-state index contributed by atoms with van der Waals surface area (Å²) in [5.41, 5.74) is 2.04. The lowest BCUT2D eigenvalue weighted by atomic mass is 10.3. The van der Waals surface area contributed by atoms with Gasteiger partial charge in [0.2, 0.25) is 11.5 Å². The molecule has 0 aliphatic carbocycles. The summed E-state index contributed by atoms with van der Waals surface area (Å²) in [4.78, 5) is 26.5. The number of aliphatic carboxylic acids is 1. The number of ether oxygens (including phenoxy) is 1. The van der Waals surface area contributed by atoms with Crippen molar-refractivity contribution in [1.29, 1.82) is 0 Å². The first-order chi connectivity index (χ1) is 17.0. The quantitative estimate of drug-likeness (QED) is 0.377. The van der Waals surface area contributed by atoms with E-state index < -0.39 is 5.97 Å². The van der Waals surface area contributed by atoms with Crippen LogP contribution in [0.1, 0.15) is 19.7 Å². The molecule has 0 fully saturated rings. The standard InChI is InChI=1S/C26H23N3O5S/c1-3-27-17-9-5-7-11-19(17)33-22(27)14-13-21-26(32)28(4-2)24(35-21)15-23-29(16-25(30)31)18-10-6-8-12-20(18)34-23/h5-15H,3-4,16H2,1-2H3/b21-13+,22-14-. The number of carbonyl (C=O) groups excluding carboxylic acids is 1. The van der Waals surface area contributed by atoms with Crippen molar-refractivity contribution < 1.29 is 23.6 Å². The number of para-hydroxylation sites is 4. The second-order valence-electron chi connectivity index (χ2n) is 7.85. The number of fused-ring (bicyclic) bond motifs is 2. The number of rotatable bonds is 6. The first kappa shape index (κ1) is 22.7. The number of carboxylic acid groups (broad SMARTS) is 1. The molecule has 9 heteroatoms. The topological polar surface area (TPSA) is 91.6 Å². The highest BCUT2D eigenvalue weighted by Crippen LogP contribution is 2.38. The molecule has 178 valence electrons. The molecule has 1 aliphatic heterocycles. The van der Waals surface area contributed by atoms with Crippen molar-refractivity contribution in [1.82, 2.24) is 4.57 Å². The third-order valence-corrected chi connectivity index (χ3v) is 6.83. The lowest BCUT2D eigenvalue weighted by molar-refractivity contribution is -0.672. The highest BCUT2D eigenvalue weighted by atomic mass is 32.1. The van der Waals surface area contributed by atoms with E-state index >= 15 is 0 Å². The van der Waals surface area contributed by atoms with Crippen LogP contribution < -0.4 is 34.1 Å². The Kier molecular flexibility index (Phi) is 6.00. The number of thiazole rings is 1. The molecule has 8 nitrogen and oxygen atoms in total. The van der Waals surface area contributed by atoms with Crippen molar-refractivity contribution in [3.8, 4) is 5.75 Å². The number of anilines is 1. The molecule has 5 rings (SSSR count). The molecule has 0 N–H and O–H groups in total. The summed E-state index contributed by atoms with van der Waals surface area (Å²) in [7, 11) is 0. The number of hydrogen-bond donors (Lipinski definition) is 0. The lowest BCUT2D eigenvalue weighted by Gasteiger charge is -2.14. The highest BCUT2D eigenvalue weighted by molar-refractivity contribution is 7.07. The number of benzene rings is 2. The van der Waals surface area contributed by atoms with Gasteiger partial charge in [-0.05, 0) is 38.1 Å². The van der Waals surface area contributed by atoms with Gasteiger partial charge in [0.1, 0.15) is 10.6 Å². The number of carbonyl (C=O) groups is 1. The van der Waals surface area contributed by atoms with Crippen molar-refractivity contribution >= 4 is 46.2 Å². The van der Waals surface area contributed by atoms with Gasteiger partial charge in [-0.3, -0.25) is 9.36 Å². The fourth-order valence-electron chi connectivity index (χ4n) is 4.16. The van der Waals surface area contributed by atoms with Gasteiger partial charge in [-0.25, -0.2) is 0 Å². The van der Waals surface area contributed by atoms with Crippen molar-refractivity contribution in [2.75, 3.05) is 11.4 Å². The number of allylic oxidation sites excluding steroid dienone is 1. The first-order valence-electron chi connectivity index (χ1n) is 11.3. The van der Waals surface area contributed by atoms with Crippen LogP contribution in [0.3, 0.4) is 0 Å². The molecule has 0 atom stereocenters. The summed E-state index contributed by atoms with van der Waals surface area (Å²) in [6, 6.07) is 15.0. The van der Waals surface area contributed by atoms with Crippen LogP contribution in [0.15, 0.2) is 69.7 Å². The van der Waals surface area contributed by atoms with E-state index in [0.717, 1.165) is 18.0 Å². The molecule has 2 aromatic heterocycles. The minimum atomic E-state index is -1.23. The highest BCUT2D eigenvalue weighted by Gasteiger charge is 2.24. The second-order valence-corrected chi connectivity index (χ2v) is 8.91. The van der Waals surface area contributed by atoms with Gasteiger partial charge >= 0.3 is 5.89 Å². The zero-order valence-corrected chi connectivity index (χ0v) is 20.1. The van der Waals surface area contributed by atoms with Gasteiger partial charge in [-0.15, -0.1) is 11.3 Å². The van der Waals surface area contributed by atoms with E-state index in [9.17, 15) is 14.7 Å². The van der Waals surface area contributed by atoms with Crippen LogP contribution in [0.25, 0.3) is 23.3 Å². The maximum absolute atomic E-state index is 13.1. The predicted molar refractivity (Wildman–Crippen MR) is 131 cm³/mol. The summed E-state index contributed by atoms with van der Waals surface area (Å²) in [6.45, 7) is 4.74. The summed E-state index contributed by atoms with van der Waals surface area (Å²) in [5.74, 6) is 0.533. The van der Waals surface area contributed by atoms with Gasteiger partial charge in [0.05, 0.1) is 16.3 Å². The Morgan fingerprint density at radius 1 is 1.09 bits per heavy atom. The SMILES string of the molecule is CCN1/C(=C/C=c2/s/c(=C/c3oc4ccccc4[n+]3CC(=O)[O-])n(CC)c2=O)Oc2ccccc21. The van der Waals surface area contributed by atoms with Crippen LogP contribution in [0.5, 0.6) is 5.75 Å². The third kappa shape index (κ3) is 4.15. The molecule has 0 bridgehead atoms. The molecule has 4 aromatic rings. The number of oxazole rings is 1. The molecule has 3 heterocycles. The Balaban J connectivity index is 1.61. The molecule has 0 spiro atoms. The van der Waals surface area contributed by atoms with Gasteiger partial charge in [0.15, 0.2) is 12.3 Å². The Morgan fingerprint density at radius 2 is 1.86 bits per heavy atom. The summed E-state index contributed by atoms with van der Waals surface area (Å²) in [5, 5.41) is 11.4. The first-order valence-corrected chi connectivity index (χ1v) is 12.1. The molecule has 1 aliphatic rings. The Hall–Kier alpha value is -4.11. The van der Waals surface area contributed by atoms with Crippen molar-refractivity contribution in [3.05, 3.63) is 85.9 Å². The van der Waals surface area contributed by atoms with Crippen LogP contribution in [-0.4, -0.2) is 17.1 Å². The third-order valence-electron chi connectivity index (χ3n) is 5.75. The van der Waals surface area contributed by atoms with E-state index in [2.05, 4.69) is 0 Å². The number of carboxylic acids is 1. The van der Waals surface area contributed by atoms with E-state index in [1.807, 2.05) is 55.1 Å². The van der Waals surface area contributed by atoms with E-state index in [1.165, 1.54) is 15.9 Å². The molecule has 0 saturated carbocycles. The summed E-state index contributed by atoms with van der Waals surface area (Å²) in [6.07, 6.45) is 5.26. The van der Waals surface area contributed by atoms with Crippen LogP contribution in [-0.2, 0) is 17.9 Å². The maximum atomic E-state index is 13.1. The smallest absolute Gasteiger partial charge is 0.377 e. The molecular formula is C26H23N3O5S. The zero-order chi connectivity index (χ0) is 24.5. The average Bonchev–Trinajstić information content (AvgIpc) is 3.48. The van der Waals surface area contributed by atoms with Gasteiger partial charge in [0, 0.05) is 25.2 Å². The molecule has 2 aromatic carbocycles. The molecule has 0 radical (unpaired) electrons. The Morgan fingerprint density at radius 3 is 2.63 bits per heavy atom. The van der Waals surface area contributed by atoms with E-state index in [4.69, 9.17) is 9.15 Å². The number of aromatic nitrogens is 2. The van der Waals surface area contributed by atoms with Crippen molar-refractivity contribution in [2.24, 2.45) is 0 Å². The van der Waals surface area contributed by atoms with E-state index in [0.29, 0.717) is 38.6 Å². The largest absolute Gasteiger partial charge is 0.544 e. The predicted octanol–water partition coefficient (Wildman–Crippen LogP) is 1.08. The van der Waals surface area contributed by atoms with Crippen molar-refractivity contribution in [2.45, 2.75) is 26.9 Å². The zero-order valence-electron chi connectivity index (χ0n) is 19.3. The molecular weight excluding hydrogens is 466 g/mol. The van der Waals surface area contributed by atoms with Gasteiger partial charge in [-0.1, -0.05) is 24.3 Å². The second kappa shape index (κ2) is 9.27. The summed E-state index contributed by atoms with van der Waals surface area (Å²) >= 11 is 1.30.